The van der Waals surface area contributed by atoms with Gasteiger partial charge in [0, 0.05) is 23.9 Å². The number of urea groups is 1. The molecule has 2 aromatic rings. The molecule has 2 N–H and O–H groups in total. The van der Waals surface area contributed by atoms with Crippen LogP contribution in [0, 0.1) is 17.6 Å². The van der Waals surface area contributed by atoms with Crippen molar-refractivity contribution >= 4 is 27.4 Å². The van der Waals surface area contributed by atoms with Crippen molar-refractivity contribution in [3.05, 3.63) is 59.7 Å². The average Bonchev–Trinajstić information content (AvgIpc) is 2.62. The second-order valence-corrected chi connectivity index (χ2v) is 9.28. The van der Waals surface area contributed by atoms with Crippen molar-refractivity contribution in [3.8, 4) is 0 Å². The van der Waals surface area contributed by atoms with Crippen LogP contribution in [0.3, 0.4) is 0 Å². The Kier molecular flexibility index (Phi) is 8.16. The summed E-state index contributed by atoms with van der Waals surface area (Å²) in [5.74, 6) is -1.29. The maximum Gasteiger partial charge on any atom is 0.322 e. The highest BCUT2D eigenvalue weighted by Crippen LogP contribution is 2.19. The van der Waals surface area contributed by atoms with E-state index in [2.05, 4.69) is 10.0 Å². The van der Waals surface area contributed by atoms with Crippen molar-refractivity contribution < 1.29 is 22.0 Å². The van der Waals surface area contributed by atoms with Crippen LogP contribution in [0.4, 0.5) is 25.0 Å². The number of carbonyl (C=O) groups is 1. The van der Waals surface area contributed by atoms with Gasteiger partial charge in [-0.1, -0.05) is 32.9 Å². The molecule has 2 rings (SSSR count). The van der Waals surface area contributed by atoms with E-state index in [1.807, 2.05) is 13.8 Å². The quantitative estimate of drug-likeness (QED) is 0.589. The minimum atomic E-state index is -3.46. The van der Waals surface area contributed by atoms with Gasteiger partial charge in [0.05, 0.1) is 18.0 Å². The molecule has 9 heteroatoms. The third-order valence-corrected chi connectivity index (χ3v) is 5.60. The minimum Gasteiger partial charge on any atom is -0.320 e. The molecule has 0 atom stereocenters. The zero-order valence-corrected chi connectivity index (χ0v) is 18.1. The van der Waals surface area contributed by atoms with E-state index in [4.69, 9.17) is 0 Å². The van der Waals surface area contributed by atoms with Crippen LogP contribution in [-0.2, 0) is 16.6 Å². The third kappa shape index (κ3) is 7.29. The van der Waals surface area contributed by atoms with Gasteiger partial charge in [-0.3, -0.25) is 4.72 Å². The van der Waals surface area contributed by atoms with E-state index in [0.717, 1.165) is 12.1 Å². The summed E-state index contributed by atoms with van der Waals surface area (Å²) >= 11 is 0. The number of nitrogens with one attached hydrogen (secondary N) is 2. The largest absolute Gasteiger partial charge is 0.322 e. The van der Waals surface area contributed by atoms with Gasteiger partial charge in [0.15, 0.2) is 0 Å². The van der Waals surface area contributed by atoms with Crippen LogP contribution in [-0.4, -0.2) is 31.6 Å². The first-order valence-corrected chi connectivity index (χ1v) is 11.3. The molecule has 0 fully saturated rings. The van der Waals surface area contributed by atoms with Crippen LogP contribution in [0.25, 0.3) is 0 Å². The number of hydrogen-bond acceptors (Lipinski definition) is 3. The molecule has 0 unspecified atom stereocenters. The molecule has 0 aliphatic carbocycles. The smallest absolute Gasteiger partial charge is 0.320 e. The second-order valence-electron chi connectivity index (χ2n) is 7.44. The van der Waals surface area contributed by atoms with E-state index in [0.29, 0.717) is 24.3 Å². The van der Waals surface area contributed by atoms with E-state index in [-0.39, 0.29) is 23.8 Å². The highest BCUT2D eigenvalue weighted by molar-refractivity contribution is 7.92. The Bertz CT molecular complexity index is 981. The van der Waals surface area contributed by atoms with Crippen LogP contribution in [0.2, 0.25) is 0 Å². The summed E-state index contributed by atoms with van der Waals surface area (Å²) in [7, 11) is -3.46. The van der Waals surface area contributed by atoms with Crippen molar-refractivity contribution in [2.75, 3.05) is 22.3 Å². The van der Waals surface area contributed by atoms with Gasteiger partial charge in [0.2, 0.25) is 10.0 Å². The Morgan fingerprint density at radius 3 is 2.43 bits per heavy atom. The van der Waals surface area contributed by atoms with Gasteiger partial charge in [-0.2, -0.15) is 0 Å². The van der Waals surface area contributed by atoms with Crippen molar-refractivity contribution in [3.63, 3.8) is 0 Å². The monoisotopic (exact) mass is 439 g/mol. The van der Waals surface area contributed by atoms with Crippen LogP contribution in [0.5, 0.6) is 0 Å². The Hall–Kier alpha value is -2.68. The first-order chi connectivity index (χ1) is 14.1. The molecule has 0 saturated heterocycles. The molecule has 0 heterocycles. The molecule has 0 bridgehead atoms. The number of hydrogen-bond donors (Lipinski definition) is 2. The van der Waals surface area contributed by atoms with Crippen molar-refractivity contribution in [1.29, 1.82) is 0 Å². The predicted octanol–water partition coefficient (Wildman–Crippen LogP) is 4.81. The van der Waals surface area contributed by atoms with Gasteiger partial charge in [-0.05, 0) is 36.6 Å². The number of sulfonamides is 1. The number of nitrogens with zero attached hydrogens (tertiary/aromatic N) is 1. The number of carbonyl (C=O) groups excluding carboxylic acids is 1. The van der Waals surface area contributed by atoms with Gasteiger partial charge >= 0.3 is 6.03 Å². The standard InChI is InChI=1S/C21H27F2N3O3S/c1-4-10-30(28,29)25-19-7-5-6-18(12-19)24-21(27)26(13-15(2)3)14-16-8-9-17(22)11-20(16)23/h5-9,11-12,15,25H,4,10,13-14H2,1-3H3,(H,24,27). The molecule has 0 spiro atoms. The fraction of sp³-hybridized carbons (Fsp3) is 0.381. The van der Waals surface area contributed by atoms with Crippen LogP contribution >= 0.6 is 0 Å². The van der Waals surface area contributed by atoms with E-state index >= 15 is 0 Å². The Morgan fingerprint density at radius 1 is 1.10 bits per heavy atom. The fourth-order valence-corrected chi connectivity index (χ4v) is 4.00. The Labute approximate surface area is 176 Å². The molecule has 0 radical (unpaired) electrons. The number of anilines is 2. The van der Waals surface area contributed by atoms with Crippen molar-refractivity contribution in [2.45, 2.75) is 33.7 Å². The molecule has 0 saturated carbocycles. The summed E-state index contributed by atoms with van der Waals surface area (Å²) in [6.07, 6.45) is 0.482. The van der Waals surface area contributed by atoms with Gasteiger partial charge in [-0.25, -0.2) is 22.0 Å². The lowest BCUT2D eigenvalue weighted by Gasteiger charge is -2.25. The lowest BCUT2D eigenvalue weighted by Crippen LogP contribution is -2.37. The summed E-state index contributed by atoms with van der Waals surface area (Å²) in [6.45, 7) is 5.93. The summed E-state index contributed by atoms with van der Waals surface area (Å²) < 4.78 is 53.6. The average molecular weight is 440 g/mol. The van der Waals surface area contributed by atoms with Gasteiger partial charge in [-0.15, -0.1) is 0 Å². The maximum absolute atomic E-state index is 14.0. The van der Waals surface area contributed by atoms with Crippen molar-refractivity contribution in [1.82, 2.24) is 4.90 Å². The molecule has 2 amide bonds. The molecule has 0 aliphatic rings. The summed E-state index contributed by atoms with van der Waals surface area (Å²) in [5, 5.41) is 2.71. The molecular weight excluding hydrogens is 412 g/mol. The van der Waals surface area contributed by atoms with E-state index in [1.54, 1.807) is 25.1 Å². The molecular formula is C21H27F2N3O3S. The van der Waals surface area contributed by atoms with Gasteiger partial charge < -0.3 is 10.2 Å². The van der Waals surface area contributed by atoms with Crippen LogP contribution in [0.1, 0.15) is 32.8 Å². The lowest BCUT2D eigenvalue weighted by atomic mass is 10.1. The minimum absolute atomic E-state index is 0.00497. The second kappa shape index (κ2) is 10.4. The summed E-state index contributed by atoms with van der Waals surface area (Å²) in [6, 6.07) is 9.12. The number of benzene rings is 2. The van der Waals surface area contributed by atoms with Crippen molar-refractivity contribution in [2.24, 2.45) is 5.92 Å². The summed E-state index contributed by atoms with van der Waals surface area (Å²) in [5.41, 5.74) is 0.930. The number of rotatable bonds is 9. The number of halogens is 2. The molecule has 164 valence electrons. The molecule has 30 heavy (non-hydrogen) atoms. The Balaban J connectivity index is 2.16. The van der Waals surface area contributed by atoms with Crippen LogP contribution in [0.15, 0.2) is 42.5 Å². The van der Waals surface area contributed by atoms with Gasteiger partial charge in [0.25, 0.3) is 0 Å². The first kappa shape index (κ1) is 23.6. The van der Waals surface area contributed by atoms with Crippen LogP contribution < -0.4 is 10.0 Å². The van der Waals surface area contributed by atoms with E-state index in [1.165, 1.54) is 17.0 Å². The highest BCUT2D eigenvalue weighted by Gasteiger charge is 2.18. The third-order valence-electron chi connectivity index (χ3n) is 4.11. The number of amides is 2. The normalized spacial score (nSPS) is 11.4. The first-order valence-electron chi connectivity index (χ1n) is 9.70. The topological polar surface area (TPSA) is 78.5 Å². The predicted molar refractivity (Wildman–Crippen MR) is 115 cm³/mol. The highest BCUT2D eigenvalue weighted by atomic mass is 32.2. The molecule has 0 aliphatic heterocycles. The maximum atomic E-state index is 14.0. The lowest BCUT2D eigenvalue weighted by molar-refractivity contribution is 0.201. The van der Waals surface area contributed by atoms with E-state index in [9.17, 15) is 22.0 Å². The Morgan fingerprint density at radius 2 is 1.80 bits per heavy atom. The summed E-state index contributed by atoms with van der Waals surface area (Å²) in [4.78, 5) is 14.2. The van der Waals surface area contributed by atoms with Gasteiger partial charge in [0.1, 0.15) is 11.6 Å². The molecule has 6 nitrogen and oxygen atoms in total. The zero-order chi connectivity index (χ0) is 22.3. The molecule has 2 aromatic carbocycles. The SMILES string of the molecule is CCCS(=O)(=O)Nc1cccc(NC(=O)N(Cc2ccc(F)cc2F)CC(C)C)c1. The zero-order valence-electron chi connectivity index (χ0n) is 17.3. The fourth-order valence-electron chi connectivity index (χ4n) is 2.88. The van der Waals surface area contributed by atoms with E-state index < -0.39 is 27.7 Å². The molecule has 0 aromatic heterocycles.